The Balaban J connectivity index is 2.00. The van der Waals surface area contributed by atoms with Crippen LogP contribution in [0, 0.1) is 11.8 Å². The van der Waals surface area contributed by atoms with Crippen molar-refractivity contribution in [3.63, 3.8) is 0 Å². The van der Waals surface area contributed by atoms with E-state index < -0.39 is 0 Å². The molecule has 0 radical (unpaired) electrons. The van der Waals surface area contributed by atoms with E-state index in [4.69, 9.17) is 16.3 Å². The summed E-state index contributed by atoms with van der Waals surface area (Å²) in [6.45, 7) is 7.29. The molecule has 1 N–H and O–H groups in total. The highest BCUT2D eigenvalue weighted by Gasteiger charge is 2.23. The molecule has 2 rings (SSSR count). The minimum Gasteiger partial charge on any atom is -0.492 e. The number of nitrogens with one attached hydrogen (secondary N) is 1. The Hall–Kier alpha value is -0.890. The van der Waals surface area contributed by atoms with Gasteiger partial charge in [-0.05, 0) is 56.2 Å². The van der Waals surface area contributed by atoms with Gasteiger partial charge >= 0.3 is 0 Å². The molecule has 1 aromatic rings. The molecular weight excluding hydrogens is 258 g/mol. The number of ether oxygens (including phenoxy) is 1. The van der Waals surface area contributed by atoms with E-state index in [1.807, 2.05) is 19.1 Å². The molecule has 106 valence electrons. The third-order valence-corrected chi connectivity index (χ3v) is 4.08. The van der Waals surface area contributed by atoms with E-state index in [2.05, 4.69) is 25.2 Å². The van der Waals surface area contributed by atoms with E-state index in [1.54, 1.807) is 0 Å². The highest BCUT2D eigenvalue weighted by atomic mass is 35.5. The molecule has 0 aromatic heterocycles. The topological polar surface area (TPSA) is 21.3 Å². The highest BCUT2D eigenvalue weighted by molar-refractivity contribution is 6.32. The van der Waals surface area contributed by atoms with E-state index in [0.29, 0.717) is 17.7 Å². The van der Waals surface area contributed by atoms with E-state index in [0.717, 1.165) is 23.3 Å². The Bertz CT molecular complexity index is 411. The fraction of sp³-hybridized carbons (Fsp3) is 0.625. The van der Waals surface area contributed by atoms with Crippen molar-refractivity contribution in [2.45, 2.75) is 46.1 Å². The van der Waals surface area contributed by atoms with Crippen molar-refractivity contribution in [1.82, 2.24) is 0 Å². The summed E-state index contributed by atoms with van der Waals surface area (Å²) in [4.78, 5) is 0. The normalized spacial score (nSPS) is 27.1. The van der Waals surface area contributed by atoms with Gasteiger partial charge in [0, 0.05) is 11.7 Å². The number of hydrogen-bond donors (Lipinski definition) is 1. The van der Waals surface area contributed by atoms with Crippen molar-refractivity contribution in [2.24, 2.45) is 11.8 Å². The summed E-state index contributed by atoms with van der Waals surface area (Å²) < 4.78 is 5.46. The SMILES string of the molecule is CCOc1ccc(NC2CC(C)CC(C)C2)cc1Cl. The summed E-state index contributed by atoms with van der Waals surface area (Å²) in [5.41, 5.74) is 1.10. The lowest BCUT2D eigenvalue weighted by molar-refractivity contribution is 0.281. The van der Waals surface area contributed by atoms with Crippen molar-refractivity contribution >= 4 is 17.3 Å². The lowest BCUT2D eigenvalue weighted by Gasteiger charge is -2.32. The predicted molar refractivity (Wildman–Crippen MR) is 82.2 cm³/mol. The van der Waals surface area contributed by atoms with Gasteiger partial charge in [0.25, 0.3) is 0 Å². The first-order chi connectivity index (χ1) is 9.08. The maximum Gasteiger partial charge on any atom is 0.138 e. The average molecular weight is 282 g/mol. The van der Waals surface area contributed by atoms with Crippen LogP contribution < -0.4 is 10.1 Å². The van der Waals surface area contributed by atoms with Crippen LogP contribution in [0.2, 0.25) is 5.02 Å². The van der Waals surface area contributed by atoms with Crippen LogP contribution in [-0.2, 0) is 0 Å². The maximum atomic E-state index is 6.22. The second-order valence-electron chi connectivity index (χ2n) is 5.84. The van der Waals surface area contributed by atoms with E-state index in [1.165, 1.54) is 19.3 Å². The zero-order valence-corrected chi connectivity index (χ0v) is 12.8. The summed E-state index contributed by atoms with van der Waals surface area (Å²) in [5, 5.41) is 4.30. The van der Waals surface area contributed by atoms with Crippen LogP contribution in [0.25, 0.3) is 0 Å². The minimum absolute atomic E-state index is 0.563. The maximum absolute atomic E-state index is 6.22. The van der Waals surface area contributed by atoms with Gasteiger partial charge in [-0.15, -0.1) is 0 Å². The molecule has 1 aliphatic rings. The van der Waals surface area contributed by atoms with Gasteiger partial charge in [0.15, 0.2) is 0 Å². The number of hydrogen-bond acceptors (Lipinski definition) is 2. The van der Waals surface area contributed by atoms with Crippen LogP contribution in [0.15, 0.2) is 18.2 Å². The molecule has 3 heteroatoms. The summed E-state index contributed by atoms with van der Waals surface area (Å²) >= 11 is 6.22. The first-order valence-corrected chi connectivity index (χ1v) is 7.65. The number of rotatable bonds is 4. The van der Waals surface area contributed by atoms with Crippen LogP contribution in [0.4, 0.5) is 5.69 Å². The van der Waals surface area contributed by atoms with Crippen LogP contribution in [0.1, 0.15) is 40.0 Å². The molecule has 0 heterocycles. The van der Waals surface area contributed by atoms with Crippen molar-refractivity contribution in [3.05, 3.63) is 23.2 Å². The van der Waals surface area contributed by atoms with Gasteiger partial charge < -0.3 is 10.1 Å². The molecule has 2 atom stereocenters. The van der Waals surface area contributed by atoms with Gasteiger partial charge in [0.1, 0.15) is 5.75 Å². The number of benzene rings is 1. The van der Waals surface area contributed by atoms with Gasteiger partial charge in [0.2, 0.25) is 0 Å². The van der Waals surface area contributed by atoms with Crippen molar-refractivity contribution < 1.29 is 4.74 Å². The van der Waals surface area contributed by atoms with Crippen LogP contribution in [0.3, 0.4) is 0 Å². The summed E-state index contributed by atoms with van der Waals surface area (Å²) in [6.07, 6.45) is 3.84. The molecule has 0 amide bonds. The molecule has 1 aromatic carbocycles. The number of anilines is 1. The molecule has 0 bridgehead atoms. The third-order valence-electron chi connectivity index (χ3n) is 3.78. The summed E-state index contributed by atoms with van der Waals surface area (Å²) in [5.74, 6) is 2.37. The van der Waals surface area contributed by atoms with Crippen LogP contribution >= 0.6 is 11.6 Å². The van der Waals surface area contributed by atoms with Gasteiger partial charge in [0.05, 0.1) is 11.6 Å². The average Bonchev–Trinajstić information content (AvgIpc) is 2.31. The molecular formula is C16H24ClNO. The monoisotopic (exact) mass is 281 g/mol. The Labute approximate surface area is 121 Å². The lowest BCUT2D eigenvalue weighted by atomic mass is 9.80. The zero-order chi connectivity index (χ0) is 13.8. The van der Waals surface area contributed by atoms with Gasteiger partial charge in [-0.1, -0.05) is 25.4 Å². The lowest BCUT2D eigenvalue weighted by Crippen LogP contribution is -2.30. The van der Waals surface area contributed by atoms with E-state index in [9.17, 15) is 0 Å². The quantitative estimate of drug-likeness (QED) is 0.841. The van der Waals surface area contributed by atoms with Crippen LogP contribution in [0.5, 0.6) is 5.75 Å². The van der Waals surface area contributed by atoms with Gasteiger partial charge in [-0.2, -0.15) is 0 Å². The molecule has 0 spiro atoms. The van der Waals surface area contributed by atoms with Gasteiger partial charge in [-0.25, -0.2) is 0 Å². The highest BCUT2D eigenvalue weighted by Crippen LogP contribution is 2.32. The summed E-state index contributed by atoms with van der Waals surface area (Å²) in [6, 6.07) is 6.54. The summed E-state index contributed by atoms with van der Waals surface area (Å²) in [7, 11) is 0. The Morgan fingerprint density at radius 1 is 1.21 bits per heavy atom. The third kappa shape index (κ3) is 4.04. The molecule has 0 aliphatic heterocycles. The molecule has 1 aliphatic carbocycles. The molecule has 2 nitrogen and oxygen atoms in total. The first kappa shape index (κ1) is 14.5. The second kappa shape index (κ2) is 6.51. The Kier molecular flexibility index (Phi) is 4.98. The fourth-order valence-electron chi connectivity index (χ4n) is 3.16. The Morgan fingerprint density at radius 3 is 2.47 bits per heavy atom. The molecule has 0 saturated heterocycles. The fourth-order valence-corrected chi connectivity index (χ4v) is 3.40. The minimum atomic E-state index is 0.563. The first-order valence-electron chi connectivity index (χ1n) is 7.27. The largest absolute Gasteiger partial charge is 0.492 e. The van der Waals surface area contributed by atoms with Crippen molar-refractivity contribution in [1.29, 1.82) is 0 Å². The standard InChI is InChI=1S/C16H24ClNO/c1-4-19-16-6-5-13(10-15(16)17)18-14-8-11(2)7-12(3)9-14/h5-6,10-12,14,18H,4,7-9H2,1-3H3. The molecule has 1 saturated carbocycles. The van der Waals surface area contributed by atoms with E-state index in [-0.39, 0.29) is 0 Å². The molecule has 1 fully saturated rings. The predicted octanol–water partition coefficient (Wildman–Crippen LogP) is 4.98. The van der Waals surface area contributed by atoms with Crippen molar-refractivity contribution in [2.75, 3.05) is 11.9 Å². The molecule has 2 unspecified atom stereocenters. The van der Waals surface area contributed by atoms with Crippen molar-refractivity contribution in [3.8, 4) is 5.75 Å². The zero-order valence-electron chi connectivity index (χ0n) is 12.1. The smallest absolute Gasteiger partial charge is 0.138 e. The van der Waals surface area contributed by atoms with Crippen LogP contribution in [-0.4, -0.2) is 12.6 Å². The number of halogens is 1. The van der Waals surface area contributed by atoms with Gasteiger partial charge in [-0.3, -0.25) is 0 Å². The second-order valence-corrected chi connectivity index (χ2v) is 6.24. The Morgan fingerprint density at radius 2 is 1.89 bits per heavy atom. The molecule has 19 heavy (non-hydrogen) atoms. The van der Waals surface area contributed by atoms with E-state index >= 15 is 0 Å².